The first-order valence-electron chi connectivity index (χ1n) is 7.86. The highest BCUT2D eigenvalue weighted by Gasteiger charge is 2.12. The zero-order valence-electron chi connectivity index (χ0n) is 14.0. The molecule has 1 aromatic heterocycles. The van der Waals surface area contributed by atoms with E-state index in [0.717, 1.165) is 22.6 Å². The fourth-order valence-electron chi connectivity index (χ4n) is 2.94. The third-order valence-corrected chi connectivity index (χ3v) is 4.16. The molecule has 0 saturated heterocycles. The van der Waals surface area contributed by atoms with Crippen LogP contribution in [0.1, 0.15) is 22.5 Å². The molecule has 0 fully saturated rings. The number of nitrogens with zero attached hydrogens (tertiary/aromatic N) is 2. The first-order valence-corrected chi connectivity index (χ1v) is 7.86. The maximum Gasteiger partial charge on any atom is 0.131 e. The fourth-order valence-corrected chi connectivity index (χ4v) is 2.94. The number of hydrogen-bond acceptors (Lipinski definition) is 2. The van der Waals surface area contributed by atoms with Gasteiger partial charge in [-0.05, 0) is 61.9 Å². The van der Waals surface area contributed by atoms with Crippen molar-refractivity contribution in [3.63, 3.8) is 0 Å². The van der Waals surface area contributed by atoms with Crippen LogP contribution in [0, 0.1) is 31.0 Å². The van der Waals surface area contributed by atoms with E-state index in [0.29, 0.717) is 5.56 Å². The Morgan fingerprint density at radius 3 is 2.44 bits per heavy atom. The number of aromatic nitrogens is 1. The van der Waals surface area contributed by atoms with E-state index < -0.39 is 5.82 Å². The van der Waals surface area contributed by atoms with Crippen molar-refractivity contribution in [2.24, 2.45) is 0 Å². The van der Waals surface area contributed by atoms with Crippen LogP contribution in [0.3, 0.4) is 0 Å². The smallest absolute Gasteiger partial charge is 0.131 e. The first kappa shape index (κ1) is 16.5. The van der Waals surface area contributed by atoms with Gasteiger partial charge in [-0.15, -0.1) is 0 Å². The summed E-state index contributed by atoms with van der Waals surface area (Å²) in [5.74, 6) is -0.208. The number of phenolic OH excluding ortho intramolecular Hbond substituents is 1. The van der Waals surface area contributed by atoms with Crippen molar-refractivity contribution in [3.8, 4) is 17.5 Å². The second kappa shape index (κ2) is 6.66. The molecule has 2 aromatic carbocycles. The van der Waals surface area contributed by atoms with Crippen molar-refractivity contribution in [2.45, 2.75) is 13.8 Å². The lowest BCUT2D eigenvalue weighted by Crippen LogP contribution is -1.98. The van der Waals surface area contributed by atoms with Crippen molar-refractivity contribution in [2.75, 3.05) is 0 Å². The molecule has 0 aliphatic rings. The van der Waals surface area contributed by atoms with Crippen molar-refractivity contribution in [3.05, 3.63) is 82.9 Å². The van der Waals surface area contributed by atoms with Crippen LogP contribution in [0.15, 0.2) is 54.6 Å². The van der Waals surface area contributed by atoms with Gasteiger partial charge in [-0.25, -0.2) is 4.39 Å². The lowest BCUT2D eigenvalue weighted by molar-refractivity contribution is 0.475. The number of benzene rings is 2. The quantitative estimate of drug-likeness (QED) is 0.686. The molecule has 124 valence electrons. The summed E-state index contributed by atoms with van der Waals surface area (Å²) >= 11 is 0. The van der Waals surface area contributed by atoms with Crippen LogP contribution < -0.4 is 0 Å². The number of nitriles is 1. The first-order chi connectivity index (χ1) is 12.0. The molecule has 0 unspecified atom stereocenters. The van der Waals surface area contributed by atoms with E-state index in [-0.39, 0.29) is 11.3 Å². The van der Waals surface area contributed by atoms with Gasteiger partial charge in [0.1, 0.15) is 11.6 Å². The monoisotopic (exact) mass is 332 g/mol. The van der Waals surface area contributed by atoms with Crippen molar-refractivity contribution in [1.29, 1.82) is 5.26 Å². The Balaban J connectivity index is 2.10. The van der Waals surface area contributed by atoms with Crippen LogP contribution >= 0.6 is 0 Å². The zero-order valence-corrected chi connectivity index (χ0v) is 14.0. The minimum atomic E-state index is -0.414. The number of phenols is 1. The molecule has 3 aromatic rings. The molecular formula is C21H17FN2O. The number of aryl methyl sites for hydroxylation is 1. The van der Waals surface area contributed by atoms with Crippen molar-refractivity contribution in [1.82, 2.24) is 4.57 Å². The highest BCUT2D eigenvalue weighted by molar-refractivity contribution is 5.90. The molecular weight excluding hydrogens is 315 g/mol. The van der Waals surface area contributed by atoms with Gasteiger partial charge in [0.25, 0.3) is 0 Å². The van der Waals surface area contributed by atoms with Gasteiger partial charge < -0.3 is 9.67 Å². The maximum absolute atomic E-state index is 14.0. The predicted molar refractivity (Wildman–Crippen MR) is 96.8 cm³/mol. The summed E-state index contributed by atoms with van der Waals surface area (Å²) in [4.78, 5) is 0. The Morgan fingerprint density at radius 2 is 1.80 bits per heavy atom. The van der Waals surface area contributed by atoms with Gasteiger partial charge in [-0.1, -0.05) is 18.2 Å². The van der Waals surface area contributed by atoms with Gasteiger partial charge in [0.2, 0.25) is 0 Å². The summed E-state index contributed by atoms with van der Waals surface area (Å²) in [6.07, 6.45) is 1.71. The zero-order chi connectivity index (χ0) is 18.0. The average Bonchev–Trinajstić information content (AvgIpc) is 2.88. The number of allylic oxidation sites excluding steroid dienone is 1. The van der Waals surface area contributed by atoms with E-state index in [1.165, 1.54) is 6.07 Å². The molecule has 0 aliphatic heterocycles. The van der Waals surface area contributed by atoms with Crippen LogP contribution in [0.4, 0.5) is 4.39 Å². The summed E-state index contributed by atoms with van der Waals surface area (Å²) < 4.78 is 16.0. The summed E-state index contributed by atoms with van der Waals surface area (Å²) in [7, 11) is 0. The van der Waals surface area contributed by atoms with Crippen LogP contribution in [-0.2, 0) is 0 Å². The van der Waals surface area contributed by atoms with Gasteiger partial charge >= 0.3 is 0 Å². The van der Waals surface area contributed by atoms with Crippen LogP contribution in [0.2, 0.25) is 0 Å². The molecule has 1 N–H and O–H groups in total. The normalized spacial score (nSPS) is 11.4. The number of halogens is 1. The van der Waals surface area contributed by atoms with Crippen LogP contribution in [0.25, 0.3) is 17.3 Å². The second-order valence-corrected chi connectivity index (χ2v) is 5.83. The molecule has 25 heavy (non-hydrogen) atoms. The Labute approximate surface area is 145 Å². The van der Waals surface area contributed by atoms with Gasteiger partial charge in [0.05, 0.1) is 11.6 Å². The molecule has 0 radical (unpaired) electrons. The Kier molecular flexibility index (Phi) is 4.40. The van der Waals surface area contributed by atoms with Gasteiger partial charge in [0, 0.05) is 22.6 Å². The lowest BCUT2D eigenvalue weighted by Gasteiger charge is -2.09. The largest absolute Gasteiger partial charge is 0.508 e. The third kappa shape index (κ3) is 3.17. The van der Waals surface area contributed by atoms with E-state index in [1.807, 2.05) is 36.6 Å². The highest BCUT2D eigenvalue weighted by Crippen LogP contribution is 2.26. The Hall–Kier alpha value is -3.32. The second-order valence-electron chi connectivity index (χ2n) is 5.83. The Morgan fingerprint density at radius 1 is 1.12 bits per heavy atom. The molecule has 0 aliphatic carbocycles. The number of aromatic hydroxyl groups is 1. The van der Waals surface area contributed by atoms with Crippen molar-refractivity contribution >= 4 is 11.6 Å². The maximum atomic E-state index is 14.0. The summed E-state index contributed by atoms with van der Waals surface area (Å²) in [5, 5.41) is 18.9. The van der Waals surface area contributed by atoms with Crippen molar-refractivity contribution < 1.29 is 9.50 Å². The van der Waals surface area contributed by atoms with Gasteiger partial charge in [0.15, 0.2) is 0 Å². The summed E-state index contributed by atoms with van der Waals surface area (Å²) in [6, 6.07) is 17.2. The highest BCUT2D eigenvalue weighted by atomic mass is 19.1. The molecule has 0 bridgehead atoms. The number of hydrogen-bond donors (Lipinski definition) is 1. The molecule has 3 nitrogen and oxygen atoms in total. The van der Waals surface area contributed by atoms with Gasteiger partial charge in [-0.3, -0.25) is 0 Å². The summed E-state index contributed by atoms with van der Waals surface area (Å²) in [6.45, 7) is 3.91. The van der Waals surface area contributed by atoms with Crippen LogP contribution in [0.5, 0.6) is 5.75 Å². The van der Waals surface area contributed by atoms with E-state index in [4.69, 9.17) is 0 Å². The SMILES string of the molecule is Cc1cc(/C=C(/C#N)c2ccccc2F)c(C)n1-c1ccc(O)cc1. The summed E-state index contributed by atoms with van der Waals surface area (Å²) in [5.41, 5.74) is 4.26. The standard InChI is InChI=1S/C21H17FN2O/c1-14-11-16(12-17(13-23)20-5-3-4-6-21(20)22)15(2)24(14)18-7-9-19(25)10-8-18/h3-12,25H,1-2H3/b17-12-. The van der Waals surface area contributed by atoms with E-state index in [2.05, 4.69) is 6.07 Å². The van der Waals surface area contributed by atoms with Gasteiger partial charge in [-0.2, -0.15) is 5.26 Å². The minimum absolute atomic E-state index is 0.206. The minimum Gasteiger partial charge on any atom is -0.508 e. The topological polar surface area (TPSA) is 49.0 Å². The van der Waals surface area contributed by atoms with E-state index >= 15 is 0 Å². The molecule has 4 heteroatoms. The fraction of sp³-hybridized carbons (Fsp3) is 0.0952. The molecule has 0 saturated carbocycles. The predicted octanol–water partition coefficient (Wildman–Crippen LogP) is 5.00. The lowest BCUT2D eigenvalue weighted by atomic mass is 10.0. The molecule has 3 rings (SSSR count). The van der Waals surface area contributed by atoms with E-state index in [9.17, 15) is 14.8 Å². The molecule has 0 amide bonds. The third-order valence-electron chi connectivity index (χ3n) is 4.16. The molecule has 1 heterocycles. The average molecular weight is 332 g/mol. The Bertz CT molecular complexity index is 992. The number of rotatable bonds is 3. The molecule has 0 spiro atoms. The van der Waals surface area contributed by atoms with E-state index in [1.54, 1.807) is 36.4 Å². The van der Waals surface area contributed by atoms with Crippen LogP contribution in [-0.4, -0.2) is 9.67 Å². The molecule has 0 atom stereocenters.